The highest BCUT2D eigenvalue weighted by Crippen LogP contribution is 2.23. The number of anilines is 1. The smallest absolute Gasteiger partial charge is 0.217 e. The van der Waals surface area contributed by atoms with Gasteiger partial charge in [-0.05, 0) is 37.3 Å². The van der Waals surface area contributed by atoms with E-state index in [1.165, 1.54) is 36.9 Å². The number of rotatable bonds is 13. The number of carbonyl (C=O) groups excluding carboxylic acids is 1. The lowest BCUT2D eigenvalue weighted by atomic mass is 9.98. The number of benzene rings is 1. The number of para-hydroxylation sites is 1. The minimum absolute atomic E-state index is 0.0805. The Hall–Kier alpha value is -1.51. The van der Waals surface area contributed by atoms with Crippen LogP contribution in [0.1, 0.15) is 78.2 Å². The zero-order chi connectivity index (χ0) is 18.5. The highest BCUT2D eigenvalue weighted by Gasteiger charge is 2.15. The van der Waals surface area contributed by atoms with E-state index in [9.17, 15) is 4.79 Å². The summed E-state index contributed by atoms with van der Waals surface area (Å²) in [7, 11) is 0. The number of unbranched alkanes of at least 4 members (excludes halogenated alkanes) is 3. The Morgan fingerprint density at radius 2 is 1.68 bits per heavy atom. The average Bonchev–Trinajstić information content (AvgIpc) is 2.58. The molecule has 25 heavy (non-hydrogen) atoms. The molecule has 3 nitrogen and oxygen atoms in total. The fourth-order valence-corrected chi connectivity index (χ4v) is 3.48. The Labute approximate surface area is 155 Å². The van der Waals surface area contributed by atoms with Gasteiger partial charge in [-0.3, -0.25) is 4.79 Å². The highest BCUT2D eigenvalue weighted by molar-refractivity contribution is 5.73. The minimum Gasteiger partial charge on any atom is -0.371 e. The van der Waals surface area contributed by atoms with Crippen LogP contribution in [-0.2, 0) is 11.2 Å². The van der Waals surface area contributed by atoms with Gasteiger partial charge < -0.3 is 10.2 Å². The summed E-state index contributed by atoms with van der Waals surface area (Å²) in [6.45, 7) is 10.5. The van der Waals surface area contributed by atoms with Gasteiger partial charge in [0.15, 0.2) is 0 Å². The second-order valence-corrected chi connectivity index (χ2v) is 7.07. The van der Waals surface area contributed by atoms with E-state index >= 15 is 0 Å². The third kappa shape index (κ3) is 8.42. The van der Waals surface area contributed by atoms with Gasteiger partial charge in [0.1, 0.15) is 0 Å². The topological polar surface area (TPSA) is 32.3 Å². The summed E-state index contributed by atoms with van der Waals surface area (Å²) >= 11 is 0. The molecule has 0 bridgehead atoms. The van der Waals surface area contributed by atoms with E-state index in [-0.39, 0.29) is 11.9 Å². The van der Waals surface area contributed by atoms with Crippen molar-refractivity contribution in [3.63, 3.8) is 0 Å². The quantitative estimate of drug-likeness (QED) is 0.490. The molecule has 1 aromatic carbocycles. The average molecular weight is 347 g/mol. The molecule has 0 fully saturated rings. The first-order chi connectivity index (χ1) is 12.1. The molecule has 0 saturated heterocycles. The predicted octanol–water partition coefficient (Wildman–Crippen LogP) is 5.33. The van der Waals surface area contributed by atoms with Crippen molar-refractivity contribution < 1.29 is 4.79 Å². The molecule has 1 amide bonds. The number of nitrogens with zero attached hydrogens (tertiary/aromatic N) is 1. The van der Waals surface area contributed by atoms with Crippen LogP contribution in [0.4, 0.5) is 5.69 Å². The van der Waals surface area contributed by atoms with Gasteiger partial charge in [-0.2, -0.15) is 0 Å². The largest absolute Gasteiger partial charge is 0.371 e. The van der Waals surface area contributed by atoms with Crippen LogP contribution < -0.4 is 10.2 Å². The molecular weight excluding hydrogens is 308 g/mol. The first-order valence-electron chi connectivity index (χ1n) is 10.2. The lowest BCUT2D eigenvalue weighted by molar-refractivity contribution is -0.119. The minimum atomic E-state index is 0.0805. The van der Waals surface area contributed by atoms with Crippen molar-refractivity contribution in [3.05, 3.63) is 29.8 Å². The third-order valence-corrected chi connectivity index (χ3v) is 4.60. The number of hydrogen-bond acceptors (Lipinski definition) is 2. The van der Waals surface area contributed by atoms with Crippen LogP contribution >= 0.6 is 0 Å². The van der Waals surface area contributed by atoms with Crippen LogP contribution in [0, 0.1) is 0 Å². The molecule has 0 aliphatic heterocycles. The molecule has 0 aromatic heterocycles. The SMILES string of the molecule is CCCCCCC(Cc1ccccc1N(CCC)CCC)NC(C)=O. The van der Waals surface area contributed by atoms with Crippen molar-refractivity contribution in [1.82, 2.24) is 5.32 Å². The Morgan fingerprint density at radius 1 is 1.00 bits per heavy atom. The van der Waals surface area contributed by atoms with Gasteiger partial charge >= 0.3 is 0 Å². The molecule has 1 atom stereocenters. The highest BCUT2D eigenvalue weighted by atomic mass is 16.1. The monoisotopic (exact) mass is 346 g/mol. The molecule has 0 radical (unpaired) electrons. The van der Waals surface area contributed by atoms with Crippen molar-refractivity contribution in [2.45, 2.75) is 85.1 Å². The molecule has 0 aliphatic rings. The molecule has 3 heteroatoms. The first kappa shape index (κ1) is 21.5. The Balaban J connectivity index is 2.85. The van der Waals surface area contributed by atoms with Crippen molar-refractivity contribution in [2.24, 2.45) is 0 Å². The molecule has 0 aliphatic carbocycles. The lowest BCUT2D eigenvalue weighted by Gasteiger charge is -2.28. The normalized spacial score (nSPS) is 12.0. The molecule has 0 saturated carbocycles. The van der Waals surface area contributed by atoms with Gasteiger partial charge in [0.2, 0.25) is 5.91 Å². The first-order valence-corrected chi connectivity index (χ1v) is 10.2. The molecule has 1 rings (SSSR count). The van der Waals surface area contributed by atoms with Crippen molar-refractivity contribution in [3.8, 4) is 0 Å². The maximum absolute atomic E-state index is 11.6. The summed E-state index contributed by atoms with van der Waals surface area (Å²) in [5.74, 6) is 0.0805. The number of hydrogen-bond donors (Lipinski definition) is 1. The fraction of sp³-hybridized carbons (Fsp3) is 0.682. The van der Waals surface area contributed by atoms with Crippen LogP contribution in [0.25, 0.3) is 0 Å². The lowest BCUT2D eigenvalue weighted by Crippen LogP contribution is -2.35. The molecule has 1 N–H and O–H groups in total. The van der Waals surface area contributed by atoms with E-state index in [2.05, 4.69) is 55.3 Å². The van der Waals surface area contributed by atoms with E-state index in [1.807, 2.05) is 0 Å². The van der Waals surface area contributed by atoms with Crippen molar-refractivity contribution >= 4 is 11.6 Å². The van der Waals surface area contributed by atoms with Gasteiger partial charge in [0, 0.05) is 31.7 Å². The summed E-state index contributed by atoms with van der Waals surface area (Å²) in [4.78, 5) is 14.1. The molecule has 1 unspecified atom stereocenters. The second kappa shape index (κ2) is 12.8. The van der Waals surface area contributed by atoms with Gasteiger partial charge in [-0.15, -0.1) is 0 Å². The van der Waals surface area contributed by atoms with Crippen LogP contribution in [0.3, 0.4) is 0 Å². The summed E-state index contributed by atoms with van der Waals surface area (Å²) in [5, 5.41) is 3.18. The zero-order valence-electron chi connectivity index (χ0n) is 16.8. The van der Waals surface area contributed by atoms with Gasteiger partial charge in [-0.1, -0.05) is 64.7 Å². The van der Waals surface area contributed by atoms with Crippen LogP contribution in [0.15, 0.2) is 24.3 Å². The summed E-state index contributed by atoms with van der Waals surface area (Å²) in [6.07, 6.45) is 9.27. The standard InChI is InChI=1S/C22H38N2O/c1-5-8-9-10-14-21(23-19(4)25)18-20-13-11-12-15-22(20)24(16-6-2)17-7-3/h11-13,15,21H,5-10,14,16-18H2,1-4H3,(H,23,25). The van der Waals surface area contributed by atoms with Gasteiger partial charge in [-0.25, -0.2) is 0 Å². The van der Waals surface area contributed by atoms with E-state index in [0.717, 1.165) is 38.8 Å². The fourth-order valence-electron chi connectivity index (χ4n) is 3.48. The molecule has 142 valence electrons. The Bertz CT molecular complexity index is 481. The van der Waals surface area contributed by atoms with E-state index in [1.54, 1.807) is 6.92 Å². The number of nitrogens with one attached hydrogen (secondary N) is 1. The zero-order valence-corrected chi connectivity index (χ0v) is 16.8. The van der Waals surface area contributed by atoms with E-state index < -0.39 is 0 Å². The molecule has 0 heterocycles. The second-order valence-electron chi connectivity index (χ2n) is 7.07. The van der Waals surface area contributed by atoms with Crippen molar-refractivity contribution in [2.75, 3.05) is 18.0 Å². The van der Waals surface area contributed by atoms with Gasteiger partial charge in [0.25, 0.3) is 0 Å². The molecule has 0 spiro atoms. The Kier molecular flexibility index (Phi) is 11.0. The van der Waals surface area contributed by atoms with Crippen LogP contribution in [0.2, 0.25) is 0 Å². The summed E-state index contributed by atoms with van der Waals surface area (Å²) < 4.78 is 0. The van der Waals surface area contributed by atoms with E-state index in [0.29, 0.717) is 0 Å². The Morgan fingerprint density at radius 3 is 2.28 bits per heavy atom. The van der Waals surface area contributed by atoms with Crippen molar-refractivity contribution in [1.29, 1.82) is 0 Å². The predicted molar refractivity (Wildman–Crippen MR) is 109 cm³/mol. The summed E-state index contributed by atoms with van der Waals surface area (Å²) in [5.41, 5.74) is 2.70. The third-order valence-electron chi connectivity index (χ3n) is 4.60. The molecular formula is C22H38N2O. The van der Waals surface area contributed by atoms with Gasteiger partial charge in [0.05, 0.1) is 0 Å². The molecule has 1 aromatic rings. The number of carbonyl (C=O) groups is 1. The van der Waals surface area contributed by atoms with Crippen LogP contribution in [-0.4, -0.2) is 25.0 Å². The van der Waals surface area contributed by atoms with E-state index in [4.69, 9.17) is 0 Å². The maximum Gasteiger partial charge on any atom is 0.217 e. The summed E-state index contributed by atoms with van der Waals surface area (Å²) in [6, 6.07) is 8.96. The van der Waals surface area contributed by atoms with Crippen LogP contribution in [0.5, 0.6) is 0 Å². The maximum atomic E-state index is 11.6. The number of amides is 1.